The number of nitrogens with one attached hydrogen (secondary N) is 1. The fourth-order valence-electron chi connectivity index (χ4n) is 2.61. The van der Waals surface area contributed by atoms with E-state index in [4.69, 9.17) is 0 Å². The summed E-state index contributed by atoms with van der Waals surface area (Å²) in [5.74, 6) is -0.784. The Morgan fingerprint density at radius 2 is 1.96 bits per heavy atom. The number of imide groups is 1. The van der Waals surface area contributed by atoms with Gasteiger partial charge in [0.2, 0.25) is 5.91 Å². The molecule has 4 rings (SSSR count). The molecular formula is C17H13N3O3. The molecule has 1 N–H and O–H groups in total. The largest absolute Gasteiger partial charge is 0.326 e. The zero-order chi connectivity index (χ0) is 16.0. The number of anilines is 2. The fourth-order valence-corrected chi connectivity index (χ4v) is 2.61. The smallest absolute Gasteiger partial charge is 0.284 e. The Labute approximate surface area is 132 Å². The van der Waals surface area contributed by atoms with Gasteiger partial charge >= 0.3 is 0 Å². The molecule has 2 aliphatic rings. The molecule has 2 aromatic rings. The molecule has 1 saturated carbocycles. The lowest BCUT2D eigenvalue weighted by Gasteiger charge is -2.15. The molecule has 1 fully saturated rings. The highest BCUT2D eigenvalue weighted by Crippen LogP contribution is 2.32. The van der Waals surface area contributed by atoms with Crippen molar-refractivity contribution in [2.24, 2.45) is 5.92 Å². The molecule has 0 bridgehead atoms. The molecular weight excluding hydrogens is 294 g/mol. The Bertz CT molecular complexity index is 807. The molecule has 1 aliphatic carbocycles. The average molecular weight is 307 g/mol. The van der Waals surface area contributed by atoms with Crippen molar-refractivity contribution >= 4 is 29.1 Å². The van der Waals surface area contributed by atoms with Crippen LogP contribution >= 0.6 is 0 Å². The predicted octanol–water partition coefficient (Wildman–Crippen LogP) is 2.23. The lowest BCUT2D eigenvalue weighted by Crippen LogP contribution is -2.29. The Balaban J connectivity index is 1.65. The van der Waals surface area contributed by atoms with Crippen LogP contribution in [0.3, 0.4) is 0 Å². The topological polar surface area (TPSA) is 79.4 Å². The van der Waals surface area contributed by atoms with E-state index in [2.05, 4.69) is 10.3 Å². The molecule has 114 valence electrons. The van der Waals surface area contributed by atoms with Gasteiger partial charge in [0.1, 0.15) is 5.69 Å². The SMILES string of the molecule is O=C(Nc1cccc(N2C(=O)c3cccnc3C2=O)c1)C1CC1. The lowest BCUT2D eigenvalue weighted by atomic mass is 10.2. The number of rotatable bonds is 3. The summed E-state index contributed by atoms with van der Waals surface area (Å²) in [4.78, 5) is 41.8. The Kier molecular flexibility index (Phi) is 2.97. The van der Waals surface area contributed by atoms with Crippen molar-refractivity contribution in [2.45, 2.75) is 12.8 Å². The first-order chi connectivity index (χ1) is 11.1. The normalized spacial score (nSPS) is 16.4. The lowest BCUT2D eigenvalue weighted by molar-refractivity contribution is -0.117. The van der Waals surface area contributed by atoms with E-state index in [9.17, 15) is 14.4 Å². The minimum absolute atomic E-state index is 0.0221. The van der Waals surface area contributed by atoms with Gasteiger partial charge in [-0.3, -0.25) is 19.4 Å². The summed E-state index contributed by atoms with van der Waals surface area (Å²) in [6, 6.07) is 9.94. The number of amides is 3. The van der Waals surface area contributed by atoms with Crippen LogP contribution in [-0.2, 0) is 4.79 Å². The summed E-state index contributed by atoms with van der Waals surface area (Å²) in [5, 5.41) is 2.81. The van der Waals surface area contributed by atoms with Crippen molar-refractivity contribution in [1.82, 2.24) is 4.98 Å². The van der Waals surface area contributed by atoms with E-state index in [0.717, 1.165) is 17.7 Å². The maximum Gasteiger partial charge on any atom is 0.284 e. The predicted molar refractivity (Wildman–Crippen MR) is 83.2 cm³/mol. The highest BCUT2D eigenvalue weighted by atomic mass is 16.2. The van der Waals surface area contributed by atoms with Gasteiger partial charge in [-0.05, 0) is 43.2 Å². The quantitative estimate of drug-likeness (QED) is 0.882. The number of hydrogen-bond acceptors (Lipinski definition) is 4. The highest BCUT2D eigenvalue weighted by Gasteiger charge is 2.38. The van der Waals surface area contributed by atoms with Gasteiger partial charge in [0.15, 0.2) is 0 Å². The van der Waals surface area contributed by atoms with Crippen LogP contribution in [0.4, 0.5) is 11.4 Å². The minimum Gasteiger partial charge on any atom is -0.326 e. The maximum absolute atomic E-state index is 12.4. The molecule has 0 atom stereocenters. The first-order valence-electron chi connectivity index (χ1n) is 7.40. The third-order valence-corrected chi connectivity index (χ3v) is 3.97. The van der Waals surface area contributed by atoms with Crippen LogP contribution in [0.15, 0.2) is 42.6 Å². The summed E-state index contributed by atoms with van der Waals surface area (Å²) in [6.07, 6.45) is 3.31. The molecule has 2 heterocycles. The molecule has 1 aliphatic heterocycles. The van der Waals surface area contributed by atoms with E-state index in [-0.39, 0.29) is 17.5 Å². The first-order valence-corrected chi connectivity index (χ1v) is 7.40. The van der Waals surface area contributed by atoms with Crippen LogP contribution in [0, 0.1) is 5.92 Å². The van der Waals surface area contributed by atoms with E-state index in [1.54, 1.807) is 36.4 Å². The van der Waals surface area contributed by atoms with Crippen molar-refractivity contribution in [1.29, 1.82) is 0 Å². The van der Waals surface area contributed by atoms with Gasteiger partial charge in [0.25, 0.3) is 11.8 Å². The monoisotopic (exact) mass is 307 g/mol. The average Bonchev–Trinajstić information content (AvgIpc) is 3.37. The minimum atomic E-state index is -0.448. The van der Waals surface area contributed by atoms with Crippen molar-refractivity contribution in [3.05, 3.63) is 53.9 Å². The molecule has 6 heteroatoms. The van der Waals surface area contributed by atoms with Gasteiger partial charge in [-0.2, -0.15) is 0 Å². The number of fused-ring (bicyclic) bond motifs is 1. The van der Waals surface area contributed by atoms with Crippen molar-refractivity contribution in [2.75, 3.05) is 10.2 Å². The molecule has 0 spiro atoms. The van der Waals surface area contributed by atoms with Crippen LogP contribution in [0.25, 0.3) is 0 Å². The second-order valence-corrected chi connectivity index (χ2v) is 5.66. The molecule has 0 unspecified atom stereocenters. The van der Waals surface area contributed by atoms with E-state index < -0.39 is 11.8 Å². The number of carbonyl (C=O) groups excluding carboxylic acids is 3. The summed E-state index contributed by atoms with van der Waals surface area (Å²) in [6.45, 7) is 0. The van der Waals surface area contributed by atoms with Gasteiger partial charge in [-0.1, -0.05) is 6.07 Å². The van der Waals surface area contributed by atoms with Crippen LogP contribution in [0.2, 0.25) is 0 Å². The van der Waals surface area contributed by atoms with Crippen molar-refractivity contribution in [3.8, 4) is 0 Å². The Hall–Kier alpha value is -3.02. The highest BCUT2D eigenvalue weighted by molar-refractivity contribution is 6.33. The summed E-state index contributed by atoms with van der Waals surface area (Å²) >= 11 is 0. The number of pyridine rings is 1. The van der Waals surface area contributed by atoms with Gasteiger partial charge in [0.05, 0.1) is 11.3 Å². The third kappa shape index (κ3) is 2.28. The molecule has 0 radical (unpaired) electrons. The van der Waals surface area contributed by atoms with Crippen molar-refractivity contribution < 1.29 is 14.4 Å². The van der Waals surface area contributed by atoms with Gasteiger partial charge < -0.3 is 5.32 Å². The number of hydrogen-bond donors (Lipinski definition) is 1. The van der Waals surface area contributed by atoms with Crippen LogP contribution < -0.4 is 10.2 Å². The zero-order valence-electron chi connectivity index (χ0n) is 12.2. The zero-order valence-corrected chi connectivity index (χ0v) is 12.2. The summed E-state index contributed by atoms with van der Waals surface area (Å²) < 4.78 is 0. The van der Waals surface area contributed by atoms with E-state index in [1.165, 1.54) is 6.20 Å². The van der Waals surface area contributed by atoms with Crippen LogP contribution in [-0.4, -0.2) is 22.7 Å². The summed E-state index contributed by atoms with van der Waals surface area (Å²) in [7, 11) is 0. The Morgan fingerprint density at radius 1 is 1.13 bits per heavy atom. The van der Waals surface area contributed by atoms with Gasteiger partial charge in [-0.25, -0.2) is 4.90 Å². The van der Waals surface area contributed by atoms with Crippen molar-refractivity contribution in [3.63, 3.8) is 0 Å². The van der Waals surface area contributed by atoms with Gasteiger partial charge in [-0.15, -0.1) is 0 Å². The fraction of sp³-hybridized carbons (Fsp3) is 0.176. The van der Waals surface area contributed by atoms with Gasteiger partial charge in [0, 0.05) is 17.8 Å². The van der Waals surface area contributed by atoms with E-state index in [0.29, 0.717) is 16.9 Å². The Morgan fingerprint density at radius 3 is 2.70 bits per heavy atom. The molecule has 1 aromatic heterocycles. The number of benzene rings is 1. The van der Waals surface area contributed by atoms with E-state index in [1.807, 2.05) is 0 Å². The molecule has 0 saturated heterocycles. The molecule has 6 nitrogen and oxygen atoms in total. The summed E-state index contributed by atoms with van der Waals surface area (Å²) in [5.41, 5.74) is 1.45. The van der Waals surface area contributed by atoms with E-state index >= 15 is 0 Å². The number of aromatic nitrogens is 1. The first kappa shape index (κ1) is 13.6. The molecule has 23 heavy (non-hydrogen) atoms. The number of nitrogens with zero attached hydrogens (tertiary/aromatic N) is 2. The second kappa shape index (κ2) is 5.01. The standard InChI is InChI=1S/C17H13N3O3/c21-15(10-6-7-10)19-11-3-1-4-12(9-11)20-16(22)13-5-2-8-18-14(13)17(20)23/h1-5,8-10H,6-7H2,(H,19,21). The van der Waals surface area contributed by atoms with Crippen LogP contribution in [0.1, 0.15) is 33.7 Å². The third-order valence-electron chi connectivity index (χ3n) is 3.97. The maximum atomic E-state index is 12.4. The van der Waals surface area contributed by atoms with Crippen LogP contribution in [0.5, 0.6) is 0 Å². The second-order valence-electron chi connectivity index (χ2n) is 5.66. The number of carbonyl (C=O) groups is 3. The molecule has 3 amide bonds. The molecule has 1 aromatic carbocycles.